The lowest BCUT2D eigenvalue weighted by Crippen LogP contribution is -2.45. The van der Waals surface area contributed by atoms with Crippen LogP contribution < -0.4 is 0 Å². The molecule has 0 aromatic heterocycles. The number of carbonyl (C=O) groups excluding carboxylic acids is 4. The molecule has 210 valence electrons. The van der Waals surface area contributed by atoms with Gasteiger partial charge in [0.05, 0.1) is 32.0 Å². The van der Waals surface area contributed by atoms with Crippen molar-refractivity contribution in [3.63, 3.8) is 0 Å². The maximum absolute atomic E-state index is 12.7. The van der Waals surface area contributed by atoms with Crippen LogP contribution in [-0.4, -0.2) is 54.2 Å². The molecule has 0 saturated heterocycles. The van der Waals surface area contributed by atoms with E-state index in [1.54, 1.807) is 0 Å². The van der Waals surface area contributed by atoms with Gasteiger partial charge in [-0.15, -0.1) is 0 Å². The molecule has 1 N–H and O–H groups in total. The van der Waals surface area contributed by atoms with Crippen molar-refractivity contribution in [1.29, 1.82) is 0 Å². The Morgan fingerprint density at radius 1 is 0.667 bits per heavy atom. The molecular formula is C28H50O8. The molecule has 2 unspecified atom stereocenters. The highest BCUT2D eigenvalue weighted by molar-refractivity contribution is 5.90. The van der Waals surface area contributed by atoms with Crippen molar-refractivity contribution in [1.82, 2.24) is 0 Å². The van der Waals surface area contributed by atoms with Crippen molar-refractivity contribution in [2.24, 2.45) is 5.92 Å². The van der Waals surface area contributed by atoms with E-state index in [9.17, 15) is 24.3 Å². The largest absolute Gasteiger partial charge is 0.466 e. The topological polar surface area (TPSA) is 116 Å². The fourth-order valence-electron chi connectivity index (χ4n) is 3.76. The highest BCUT2D eigenvalue weighted by Gasteiger charge is 2.43. The number of unbranched alkanes of at least 4 members (excludes halogenated alkanes) is 7. The Labute approximate surface area is 217 Å². The van der Waals surface area contributed by atoms with Crippen molar-refractivity contribution in [3.8, 4) is 0 Å². The number of hydrogen-bond acceptors (Lipinski definition) is 8. The Hall–Kier alpha value is -1.96. The summed E-state index contributed by atoms with van der Waals surface area (Å²) >= 11 is 0. The number of rotatable bonds is 23. The third-order valence-corrected chi connectivity index (χ3v) is 6.05. The number of esters is 3. The van der Waals surface area contributed by atoms with E-state index in [0.717, 1.165) is 51.4 Å². The second-order valence-electron chi connectivity index (χ2n) is 9.60. The molecule has 8 nitrogen and oxygen atoms in total. The minimum absolute atomic E-state index is 0.0344. The summed E-state index contributed by atoms with van der Waals surface area (Å²) in [7, 11) is 0. The summed E-state index contributed by atoms with van der Waals surface area (Å²) < 4.78 is 15.7. The molecule has 0 aliphatic heterocycles. The summed E-state index contributed by atoms with van der Waals surface area (Å²) in [5, 5.41) is 11.0. The molecule has 0 aliphatic rings. The summed E-state index contributed by atoms with van der Waals surface area (Å²) in [5.41, 5.74) is -2.38. The average Bonchev–Trinajstić information content (AvgIpc) is 2.83. The summed E-state index contributed by atoms with van der Waals surface area (Å²) in [6.45, 7) is 8.23. The van der Waals surface area contributed by atoms with E-state index in [-0.39, 0.29) is 25.6 Å². The summed E-state index contributed by atoms with van der Waals surface area (Å²) in [5.74, 6) is -3.05. The summed E-state index contributed by atoms with van der Waals surface area (Å²) in [6.07, 6.45) is 9.21. The maximum atomic E-state index is 12.7. The lowest BCUT2D eigenvalue weighted by Gasteiger charge is -2.25. The number of aliphatic hydroxyl groups is 1. The quantitative estimate of drug-likeness (QED) is 0.108. The lowest BCUT2D eigenvalue weighted by atomic mass is 9.94. The van der Waals surface area contributed by atoms with Crippen LogP contribution in [0, 0.1) is 5.92 Å². The van der Waals surface area contributed by atoms with Gasteiger partial charge >= 0.3 is 17.9 Å². The Morgan fingerprint density at radius 2 is 1.19 bits per heavy atom. The van der Waals surface area contributed by atoms with Crippen LogP contribution in [0.4, 0.5) is 0 Å². The van der Waals surface area contributed by atoms with Gasteiger partial charge in [-0.2, -0.15) is 0 Å². The van der Waals surface area contributed by atoms with Crippen molar-refractivity contribution < 1.29 is 38.5 Å². The highest BCUT2D eigenvalue weighted by Crippen LogP contribution is 2.22. The van der Waals surface area contributed by atoms with Crippen LogP contribution in [0.3, 0.4) is 0 Å². The van der Waals surface area contributed by atoms with Gasteiger partial charge in [-0.05, 0) is 25.7 Å². The molecule has 0 rings (SSSR count). The number of Topliss-reactive ketones (excluding diaryl/α,β-unsaturated/α-hetero) is 1. The fourth-order valence-corrected chi connectivity index (χ4v) is 3.76. The molecule has 0 aromatic rings. The maximum Gasteiger partial charge on any atom is 0.339 e. The van der Waals surface area contributed by atoms with Crippen LogP contribution in [0.25, 0.3) is 0 Å². The van der Waals surface area contributed by atoms with Gasteiger partial charge in [0.2, 0.25) is 0 Å². The molecule has 0 heterocycles. The van der Waals surface area contributed by atoms with Gasteiger partial charge < -0.3 is 19.3 Å². The Balaban J connectivity index is 5.12. The Kier molecular flexibility index (Phi) is 20.0. The molecule has 2 atom stereocenters. The van der Waals surface area contributed by atoms with Crippen LogP contribution >= 0.6 is 0 Å². The second-order valence-corrected chi connectivity index (χ2v) is 9.60. The van der Waals surface area contributed by atoms with E-state index in [4.69, 9.17) is 14.2 Å². The number of hydrogen-bond donors (Lipinski definition) is 1. The molecule has 0 radical (unpaired) electrons. The van der Waals surface area contributed by atoms with Crippen LogP contribution in [0.2, 0.25) is 0 Å². The van der Waals surface area contributed by atoms with E-state index in [1.807, 2.05) is 13.8 Å². The lowest BCUT2D eigenvalue weighted by molar-refractivity contribution is -0.178. The number of carbonyl (C=O) groups is 4. The number of ether oxygens (including phenoxy) is 3. The molecule has 0 amide bonds. The van der Waals surface area contributed by atoms with Crippen molar-refractivity contribution in [3.05, 3.63) is 0 Å². The SMILES string of the molecule is CCCCCCOC(=O)CC(O)(CC(=O)OCC(CCCC)C(=O)CCC)C(=O)OCCCCCC. The summed E-state index contributed by atoms with van der Waals surface area (Å²) in [4.78, 5) is 50.0. The zero-order valence-electron chi connectivity index (χ0n) is 23.1. The van der Waals surface area contributed by atoms with Gasteiger partial charge in [-0.3, -0.25) is 14.4 Å². The van der Waals surface area contributed by atoms with Crippen LogP contribution in [-0.2, 0) is 33.4 Å². The van der Waals surface area contributed by atoms with Crippen molar-refractivity contribution in [2.75, 3.05) is 19.8 Å². The Morgan fingerprint density at radius 3 is 1.72 bits per heavy atom. The fraction of sp³-hybridized carbons (Fsp3) is 0.857. The summed E-state index contributed by atoms with van der Waals surface area (Å²) in [6, 6.07) is 0. The van der Waals surface area contributed by atoms with E-state index in [2.05, 4.69) is 13.8 Å². The third kappa shape index (κ3) is 15.9. The van der Waals surface area contributed by atoms with Crippen LogP contribution in [0.1, 0.15) is 124 Å². The standard InChI is InChI=1S/C28H50O8/c1-5-9-12-14-18-34-25(30)20-28(33,27(32)35-19-15-13-10-6-2)21-26(31)36-22-23(17-11-7-3)24(29)16-8-4/h23,33H,5-22H2,1-4H3. The number of ketones is 1. The zero-order valence-corrected chi connectivity index (χ0v) is 23.1. The van der Waals surface area contributed by atoms with E-state index in [0.29, 0.717) is 32.1 Å². The van der Waals surface area contributed by atoms with Gasteiger partial charge in [-0.25, -0.2) is 4.79 Å². The Bertz CT molecular complexity index is 633. The van der Waals surface area contributed by atoms with Crippen molar-refractivity contribution >= 4 is 23.7 Å². The molecular weight excluding hydrogens is 464 g/mol. The zero-order chi connectivity index (χ0) is 27.2. The van der Waals surface area contributed by atoms with Crippen LogP contribution in [0.15, 0.2) is 0 Å². The first-order chi connectivity index (χ1) is 17.2. The predicted octanol–water partition coefficient (Wildman–Crippen LogP) is 5.46. The average molecular weight is 515 g/mol. The molecule has 0 fully saturated rings. The first-order valence-electron chi connectivity index (χ1n) is 14.0. The first kappa shape index (κ1) is 34.0. The first-order valence-corrected chi connectivity index (χ1v) is 14.0. The normalized spacial score (nSPS) is 13.5. The molecule has 0 aliphatic carbocycles. The van der Waals surface area contributed by atoms with Gasteiger partial charge in [-0.1, -0.05) is 79.1 Å². The molecule has 36 heavy (non-hydrogen) atoms. The van der Waals surface area contributed by atoms with E-state index in [1.165, 1.54) is 0 Å². The minimum Gasteiger partial charge on any atom is -0.466 e. The van der Waals surface area contributed by atoms with Gasteiger partial charge in [0.15, 0.2) is 5.60 Å². The van der Waals surface area contributed by atoms with Gasteiger partial charge in [0.1, 0.15) is 12.4 Å². The predicted molar refractivity (Wildman–Crippen MR) is 138 cm³/mol. The molecule has 0 bridgehead atoms. The second kappa shape index (κ2) is 21.2. The molecule has 0 aromatic carbocycles. The third-order valence-electron chi connectivity index (χ3n) is 6.05. The highest BCUT2D eigenvalue weighted by atomic mass is 16.6. The molecule has 8 heteroatoms. The monoisotopic (exact) mass is 514 g/mol. The van der Waals surface area contributed by atoms with Crippen LogP contribution in [0.5, 0.6) is 0 Å². The van der Waals surface area contributed by atoms with E-state index >= 15 is 0 Å². The van der Waals surface area contributed by atoms with E-state index < -0.39 is 42.3 Å². The minimum atomic E-state index is -2.38. The molecule has 0 saturated carbocycles. The van der Waals surface area contributed by atoms with Crippen molar-refractivity contribution in [2.45, 2.75) is 130 Å². The molecule has 0 spiro atoms. The van der Waals surface area contributed by atoms with Gasteiger partial charge in [0.25, 0.3) is 0 Å². The van der Waals surface area contributed by atoms with Gasteiger partial charge in [0, 0.05) is 6.42 Å². The smallest absolute Gasteiger partial charge is 0.339 e.